The molecule has 0 aromatic heterocycles. The van der Waals surface area contributed by atoms with Gasteiger partial charge in [0.25, 0.3) is 0 Å². The summed E-state index contributed by atoms with van der Waals surface area (Å²) < 4.78 is 0. The zero-order valence-corrected chi connectivity index (χ0v) is 14.1. The van der Waals surface area contributed by atoms with Crippen LogP contribution in [-0.4, -0.2) is 7.05 Å². The van der Waals surface area contributed by atoms with Crippen molar-refractivity contribution in [2.75, 3.05) is 7.05 Å². The predicted molar refractivity (Wildman–Crippen MR) is 93.0 cm³/mol. The predicted octanol–water partition coefficient (Wildman–Crippen LogP) is 5.60. The van der Waals surface area contributed by atoms with Gasteiger partial charge in [0.2, 0.25) is 0 Å². The molecule has 1 N–H and O–H groups in total. The molecule has 0 spiro atoms. The monoisotopic (exact) mass is 341 g/mol. The lowest BCUT2D eigenvalue weighted by molar-refractivity contribution is 0.471. The molecule has 0 aliphatic heterocycles. The van der Waals surface area contributed by atoms with E-state index in [9.17, 15) is 0 Å². The Morgan fingerprint density at radius 3 is 2.33 bits per heavy atom. The molecule has 21 heavy (non-hydrogen) atoms. The number of hydrogen-bond acceptors (Lipinski definition) is 1. The highest BCUT2D eigenvalue weighted by Gasteiger charge is 2.27. The Morgan fingerprint density at radius 2 is 1.67 bits per heavy atom. The lowest BCUT2D eigenvalue weighted by Crippen LogP contribution is -2.24. The third kappa shape index (κ3) is 3.22. The van der Waals surface area contributed by atoms with E-state index in [0.29, 0.717) is 22.0 Å². The Balaban J connectivity index is 0.00000161. The number of hydrogen-bond donors (Lipinski definition) is 1. The van der Waals surface area contributed by atoms with Gasteiger partial charge in [0.05, 0.1) is 10.0 Å². The van der Waals surface area contributed by atoms with Gasteiger partial charge < -0.3 is 5.32 Å². The van der Waals surface area contributed by atoms with Crippen LogP contribution in [0.3, 0.4) is 0 Å². The van der Waals surface area contributed by atoms with Crippen LogP contribution in [0.2, 0.25) is 10.0 Å². The van der Waals surface area contributed by atoms with Crippen molar-refractivity contribution >= 4 is 35.6 Å². The van der Waals surface area contributed by atoms with E-state index < -0.39 is 0 Å². The van der Waals surface area contributed by atoms with Crippen molar-refractivity contribution in [2.45, 2.75) is 24.8 Å². The molecule has 0 heterocycles. The van der Waals surface area contributed by atoms with E-state index in [-0.39, 0.29) is 12.4 Å². The molecule has 0 amide bonds. The van der Waals surface area contributed by atoms with Crippen molar-refractivity contribution in [3.05, 3.63) is 69.2 Å². The Bertz CT molecular complexity index is 627. The minimum Gasteiger partial charge on any atom is -0.313 e. The lowest BCUT2D eigenvalue weighted by Gasteiger charge is -2.32. The number of halogens is 3. The molecule has 1 aliphatic rings. The molecule has 2 aromatic rings. The van der Waals surface area contributed by atoms with Gasteiger partial charge in [-0.1, -0.05) is 53.5 Å². The van der Waals surface area contributed by atoms with E-state index in [1.165, 1.54) is 16.7 Å². The minimum absolute atomic E-state index is 0. The maximum Gasteiger partial charge on any atom is 0.0595 e. The van der Waals surface area contributed by atoms with Gasteiger partial charge in [0.15, 0.2) is 0 Å². The first-order valence-corrected chi connectivity index (χ1v) is 7.67. The number of benzene rings is 2. The van der Waals surface area contributed by atoms with E-state index in [0.717, 1.165) is 12.8 Å². The summed E-state index contributed by atoms with van der Waals surface area (Å²) in [4.78, 5) is 0. The molecule has 0 radical (unpaired) electrons. The topological polar surface area (TPSA) is 12.0 Å². The van der Waals surface area contributed by atoms with Gasteiger partial charge in [0.1, 0.15) is 0 Å². The summed E-state index contributed by atoms with van der Waals surface area (Å²) in [6, 6.07) is 15.1. The van der Waals surface area contributed by atoms with Gasteiger partial charge in [0, 0.05) is 12.0 Å². The largest absolute Gasteiger partial charge is 0.313 e. The van der Waals surface area contributed by atoms with Crippen LogP contribution >= 0.6 is 35.6 Å². The zero-order chi connectivity index (χ0) is 14.1. The van der Waals surface area contributed by atoms with Gasteiger partial charge in [-0.3, -0.25) is 0 Å². The fraction of sp³-hybridized carbons (Fsp3) is 0.294. The van der Waals surface area contributed by atoms with E-state index >= 15 is 0 Å². The quantitative estimate of drug-likeness (QED) is 0.749. The third-order valence-electron chi connectivity index (χ3n) is 4.19. The summed E-state index contributed by atoms with van der Waals surface area (Å²) in [5, 5.41) is 4.66. The van der Waals surface area contributed by atoms with Crippen LogP contribution in [0, 0.1) is 0 Å². The van der Waals surface area contributed by atoms with Gasteiger partial charge >= 0.3 is 0 Å². The van der Waals surface area contributed by atoms with E-state index in [2.05, 4.69) is 35.6 Å². The first-order chi connectivity index (χ1) is 9.70. The molecule has 0 fully saturated rings. The second-order valence-electron chi connectivity index (χ2n) is 5.27. The van der Waals surface area contributed by atoms with Gasteiger partial charge in [-0.05, 0) is 48.7 Å². The second kappa shape index (κ2) is 7.02. The van der Waals surface area contributed by atoms with Crippen LogP contribution < -0.4 is 5.32 Å². The van der Waals surface area contributed by atoms with Crippen molar-refractivity contribution < 1.29 is 0 Å². The summed E-state index contributed by atoms with van der Waals surface area (Å²) >= 11 is 12.2. The van der Waals surface area contributed by atoms with Crippen molar-refractivity contribution in [3.8, 4) is 0 Å². The van der Waals surface area contributed by atoms with Crippen LogP contribution in [0.4, 0.5) is 0 Å². The van der Waals surface area contributed by atoms with Crippen LogP contribution in [-0.2, 0) is 0 Å². The highest BCUT2D eigenvalue weighted by Crippen LogP contribution is 2.42. The highest BCUT2D eigenvalue weighted by molar-refractivity contribution is 6.42. The molecule has 0 saturated carbocycles. The molecule has 1 aliphatic carbocycles. The van der Waals surface area contributed by atoms with Gasteiger partial charge in [-0.15, -0.1) is 12.4 Å². The number of fused-ring (bicyclic) bond motifs is 1. The summed E-state index contributed by atoms with van der Waals surface area (Å²) in [5.74, 6) is 0.408. The molecule has 1 unspecified atom stereocenters. The molecule has 0 saturated heterocycles. The summed E-state index contributed by atoms with van der Waals surface area (Å²) in [7, 11) is 2.03. The molecular formula is C17H18Cl3N. The molecule has 0 bridgehead atoms. The molecule has 3 rings (SSSR count). The fourth-order valence-corrected chi connectivity index (χ4v) is 3.47. The highest BCUT2D eigenvalue weighted by atomic mass is 35.5. The normalized spacial score (nSPS) is 20.5. The lowest BCUT2D eigenvalue weighted by atomic mass is 9.77. The van der Waals surface area contributed by atoms with E-state index in [1.807, 2.05) is 19.2 Å². The van der Waals surface area contributed by atoms with Crippen molar-refractivity contribution in [3.63, 3.8) is 0 Å². The van der Waals surface area contributed by atoms with Crippen molar-refractivity contribution in [2.24, 2.45) is 0 Å². The van der Waals surface area contributed by atoms with Crippen LogP contribution in [0.25, 0.3) is 0 Å². The van der Waals surface area contributed by atoms with Gasteiger partial charge in [-0.2, -0.15) is 0 Å². The molecule has 2 atom stereocenters. The van der Waals surface area contributed by atoms with Crippen molar-refractivity contribution in [1.82, 2.24) is 5.32 Å². The third-order valence-corrected chi connectivity index (χ3v) is 4.92. The number of rotatable bonds is 2. The second-order valence-corrected chi connectivity index (χ2v) is 6.09. The molecule has 112 valence electrons. The standard InChI is InChI=1S/C17H17Cl2N.ClH/c1-20-17-9-7-12(13-4-2-3-5-14(13)17)11-6-8-15(18)16(19)10-11;/h2-6,8,10,12,17,20H,7,9H2,1H3;1H/t12-,17?;/m0./s1. The number of nitrogens with one attached hydrogen (secondary N) is 1. The Morgan fingerprint density at radius 1 is 0.952 bits per heavy atom. The Labute approximate surface area is 142 Å². The summed E-state index contributed by atoms with van der Waals surface area (Å²) in [6.45, 7) is 0. The van der Waals surface area contributed by atoms with Crippen molar-refractivity contribution in [1.29, 1.82) is 0 Å². The van der Waals surface area contributed by atoms with E-state index in [1.54, 1.807) is 0 Å². The Hall–Kier alpha value is -0.730. The molecule has 1 nitrogen and oxygen atoms in total. The first kappa shape index (κ1) is 16.6. The molecule has 2 aromatic carbocycles. The summed E-state index contributed by atoms with van der Waals surface area (Å²) in [6.07, 6.45) is 2.26. The summed E-state index contributed by atoms with van der Waals surface area (Å²) in [5.41, 5.74) is 4.05. The van der Waals surface area contributed by atoms with Gasteiger partial charge in [-0.25, -0.2) is 0 Å². The van der Waals surface area contributed by atoms with Crippen LogP contribution in [0.15, 0.2) is 42.5 Å². The van der Waals surface area contributed by atoms with Crippen LogP contribution in [0.1, 0.15) is 41.5 Å². The molecular weight excluding hydrogens is 325 g/mol. The van der Waals surface area contributed by atoms with Crippen LogP contribution in [0.5, 0.6) is 0 Å². The minimum atomic E-state index is 0. The SMILES string of the molecule is CNC1CC[C@@H](c2ccc(Cl)c(Cl)c2)c2ccccc21.Cl. The average molecular weight is 343 g/mol. The van der Waals surface area contributed by atoms with E-state index in [4.69, 9.17) is 23.2 Å². The maximum atomic E-state index is 6.17. The molecule has 4 heteroatoms. The maximum absolute atomic E-state index is 6.17. The smallest absolute Gasteiger partial charge is 0.0595 e. The Kier molecular flexibility index (Phi) is 5.56. The average Bonchev–Trinajstić information content (AvgIpc) is 2.49. The fourth-order valence-electron chi connectivity index (χ4n) is 3.17. The first-order valence-electron chi connectivity index (χ1n) is 6.91. The zero-order valence-electron chi connectivity index (χ0n) is 11.8.